The summed E-state index contributed by atoms with van der Waals surface area (Å²) in [5, 5.41) is 10.4. The lowest BCUT2D eigenvalue weighted by atomic mass is 9.89. The minimum Gasteiger partial charge on any atom is -0.347 e. The average Bonchev–Trinajstić information content (AvgIpc) is 2.87. The van der Waals surface area contributed by atoms with E-state index in [1.165, 1.54) is 16.5 Å². The molecule has 1 heterocycles. The van der Waals surface area contributed by atoms with Crippen molar-refractivity contribution >= 4 is 10.9 Å². The third kappa shape index (κ3) is 3.22. The fraction of sp³-hybridized carbons (Fsp3) is 0.500. The van der Waals surface area contributed by atoms with Crippen molar-refractivity contribution in [2.24, 2.45) is 5.41 Å². The van der Waals surface area contributed by atoms with Gasteiger partial charge < -0.3 is 4.57 Å². The van der Waals surface area contributed by atoms with Crippen LogP contribution in [-0.4, -0.2) is 4.57 Å². The third-order valence-corrected chi connectivity index (χ3v) is 4.01. The summed E-state index contributed by atoms with van der Waals surface area (Å²) < 4.78 is 2.37. The molecule has 2 aromatic rings. The molecule has 2 rings (SSSR count). The molecule has 20 heavy (non-hydrogen) atoms. The van der Waals surface area contributed by atoms with Crippen LogP contribution in [0.2, 0.25) is 0 Å². The molecule has 0 radical (unpaired) electrons. The minimum absolute atomic E-state index is 0.187. The first-order valence-corrected chi connectivity index (χ1v) is 7.55. The zero-order valence-corrected chi connectivity index (χ0v) is 12.8. The number of nitriles is 1. The lowest BCUT2D eigenvalue weighted by molar-refractivity contribution is 0.418. The van der Waals surface area contributed by atoms with E-state index >= 15 is 0 Å². The Morgan fingerprint density at radius 2 is 2.00 bits per heavy atom. The Morgan fingerprint density at radius 3 is 2.70 bits per heavy atom. The second-order valence-corrected chi connectivity index (χ2v) is 6.17. The summed E-state index contributed by atoms with van der Waals surface area (Å²) in [6.45, 7) is 7.30. The molecular weight excluding hydrogens is 244 g/mol. The Labute approximate surface area is 122 Å². The first-order valence-electron chi connectivity index (χ1n) is 7.55. The molecule has 2 heteroatoms. The van der Waals surface area contributed by atoms with Crippen LogP contribution in [0.1, 0.15) is 45.6 Å². The maximum atomic E-state index is 9.03. The van der Waals surface area contributed by atoms with Crippen LogP contribution in [0.4, 0.5) is 0 Å². The highest BCUT2D eigenvalue weighted by Gasteiger charge is 2.15. The first kappa shape index (κ1) is 14.7. The van der Waals surface area contributed by atoms with Gasteiger partial charge in [-0.15, -0.1) is 0 Å². The maximum Gasteiger partial charge on any atom is 0.0683 e. The second kappa shape index (κ2) is 6.13. The molecule has 0 amide bonds. The van der Waals surface area contributed by atoms with Gasteiger partial charge in [-0.1, -0.05) is 31.5 Å². The molecule has 0 aliphatic rings. The molecule has 0 saturated carbocycles. The summed E-state index contributed by atoms with van der Waals surface area (Å²) in [6.07, 6.45) is 6.48. The highest BCUT2D eigenvalue weighted by molar-refractivity contribution is 5.83. The fourth-order valence-electron chi connectivity index (χ4n) is 2.72. The number of rotatable bonds is 6. The van der Waals surface area contributed by atoms with E-state index in [0.29, 0.717) is 0 Å². The number of benzene rings is 1. The molecule has 106 valence electrons. The van der Waals surface area contributed by atoms with Gasteiger partial charge in [-0.3, -0.25) is 0 Å². The van der Waals surface area contributed by atoms with Gasteiger partial charge in [0.2, 0.25) is 0 Å². The van der Waals surface area contributed by atoms with Crippen LogP contribution in [0.15, 0.2) is 30.5 Å². The van der Waals surface area contributed by atoms with Gasteiger partial charge in [-0.05, 0) is 50.1 Å². The molecule has 1 aromatic carbocycles. The van der Waals surface area contributed by atoms with Crippen molar-refractivity contribution in [2.75, 3.05) is 0 Å². The van der Waals surface area contributed by atoms with E-state index in [1.807, 2.05) is 13.8 Å². The van der Waals surface area contributed by atoms with Crippen LogP contribution in [0.5, 0.6) is 0 Å². The smallest absolute Gasteiger partial charge is 0.0683 e. The lowest BCUT2D eigenvalue weighted by Crippen LogP contribution is -2.08. The number of hydrogen-bond donors (Lipinski definition) is 0. The van der Waals surface area contributed by atoms with Gasteiger partial charge in [-0.25, -0.2) is 0 Å². The van der Waals surface area contributed by atoms with E-state index in [-0.39, 0.29) is 5.41 Å². The number of aromatic nitrogens is 1. The Bertz CT molecular complexity index is 614. The standard InChI is InChI=1S/C18H24N2/c1-4-15-8-7-9-16-10-13-20(17(15)16)12-6-5-11-18(2,3)14-19/h7-10,13H,4-6,11-12H2,1-3H3. The molecule has 0 fully saturated rings. The summed E-state index contributed by atoms with van der Waals surface area (Å²) in [6, 6.07) is 11.1. The largest absolute Gasteiger partial charge is 0.347 e. The SMILES string of the molecule is CCc1cccc2ccn(CCCCC(C)(C)C#N)c12. The molecule has 0 N–H and O–H groups in total. The van der Waals surface area contributed by atoms with Gasteiger partial charge in [-0.2, -0.15) is 5.26 Å². The normalized spacial score (nSPS) is 11.7. The number of aryl methyl sites for hydroxylation is 2. The predicted octanol–water partition coefficient (Wildman–Crippen LogP) is 4.92. The molecule has 0 unspecified atom stereocenters. The van der Waals surface area contributed by atoms with Gasteiger partial charge in [0.05, 0.1) is 17.0 Å². The van der Waals surface area contributed by atoms with Crippen LogP contribution in [0.3, 0.4) is 0 Å². The van der Waals surface area contributed by atoms with E-state index in [9.17, 15) is 0 Å². The van der Waals surface area contributed by atoms with Crippen molar-refractivity contribution in [1.29, 1.82) is 5.26 Å². The summed E-state index contributed by atoms with van der Waals surface area (Å²) in [5.41, 5.74) is 2.62. The summed E-state index contributed by atoms with van der Waals surface area (Å²) >= 11 is 0. The Hall–Kier alpha value is -1.75. The third-order valence-electron chi connectivity index (χ3n) is 4.01. The Morgan fingerprint density at radius 1 is 1.20 bits per heavy atom. The predicted molar refractivity (Wildman–Crippen MR) is 84.6 cm³/mol. The van der Waals surface area contributed by atoms with Crippen molar-refractivity contribution in [3.8, 4) is 6.07 Å². The summed E-state index contributed by atoms with van der Waals surface area (Å²) in [5.74, 6) is 0. The van der Waals surface area contributed by atoms with Crippen molar-refractivity contribution in [3.05, 3.63) is 36.0 Å². The number of para-hydroxylation sites is 1. The molecule has 0 bridgehead atoms. The van der Waals surface area contributed by atoms with E-state index in [4.69, 9.17) is 5.26 Å². The molecule has 0 spiro atoms. The second-order valence-electron chi connectivity index (χ2n) is 6.17. The van der Waals surface area contributed by atoms with E-state index < -0.39 is 0 Å². The first-order chi connectivity index (χ1) is 9.57. The van der Waals surface area contributed by atoms with Gasteiger partial charge >= 0.3 is 0 Å². The molecule has 0 saturated heterocycles. The summed E-state index contributed by atoms with van der Waals surface area (Å²) in [4.78, 5) is 0. The van der Waals surface area contributed by atoms with Crippen molar-refractivity contribution in [3.63, 3.8) is 0 Å². The molecule has 0 aliphatic heterocycles. The summed E-state index contributed by atoms with van der Waals surface area (Å²) in [7, 11) is 0. The quantitative estimate of drug-likeness (QED) is 0.683. The number of nitrogens with zero attached hydrogens (tertiary/aromatic N) is 2. The van der Waals surface area contributed by atoms with Crippen LogP contribution < -0.4 is 0 Å². The fourth-order valence-corrected chi connectivity index (χ4v) is 2.72. The van der Waals surface area contributed by atoms with E-state index in [0.717, 1.165) is 32.2 Å². The zero-order chi connectivity index (χ0) is 14.6. The number of unbranched alkanes of at least 4 members (excludes halogenated alkanes) is 1. The van der Waals surface area contributed by atoms with Gasteiger partial charge in [0, 0.05) is 12.7 Å². The molecule has 0 aliphatic carbocycles. The highest BCUT2D eigenvalue weighted by Crippen LogP contribution is 2.24. The number of hydrogen-bond acceptors (Lipinski definition) is 1. The topological polar surface area (TPSA) is 28.7 Å². The van der Waals surface area contributed by atoms with Crippen LogP contribution in [0.25, 0.3) is 10.9 Å². The minimum atomic E-state index is -0.187. The Balaban J connectivity index is 2.02. The Kier molecular flexibility index (Phi) is 4.49. The van der Waals surface area contributed by atoms with Crippen molar-refractivity contribution in [2.45, 2.75) is 53.0 Å². The van der Waals surface area contributed by atoms with Crippen LogP contribution in [-0.2, 0) is 13.0 Å². The number of fused-ring (bicyclic) bond motifs is 1. The van der Waals surface area contributed by atoms with E-state index in [1.54, 1.807) is 0 Å². The monoisotopic (exact) mass is 268 g/mol. The van der Waals surface area contributed by atoms with E-state index in [2.05, 4.69) is 48.0 Å². The maximum absolute atomic E-state index is 9.03. The van der Waals surface area contributed by atoms with Gasteiger partial charge in [0.1, 0.15) is 0 Å². The molecule has 0 atom stereocenters. The van der Waals surface area contributed by atoms with Gasteiger partial charge in [0.25, 0.3) is 0 Å². The molecule has 1 aromatic heterocycles. The molecular formula is C18H24N2. The van der Waals surface area contributed by atoms with Crippen molar-refractivity contribution < 1.29 is 0 Å². The molecule has 2 nitrogen and oxygen atoms in total. The average molecular weight is 268 g/mol. The van der Waals surface area contributed by atoms with Crippen LogP contribution >= 0.6 is 0 Å². The highest BCUT2D eigenvalue weighted by atomic mass is 14.9. The van der Waals surface area contributed by atoms with Crippen molar-refractivity contribution in [1.82, 2.24) is 4.57 Å². The van der Waals surface area contributed by atoms with Gasteiger partial charge in [0.15, 0.2) is 0 Å². The zero-order valence-electron chi connectivity index (χ0n) is 12.8. The van der Waals surface area contributed by atoms with Crippen LogP contribution in [0, 0.1) is 16.7 Å². The lowest BCUT2D eigenvalue weighted by Gasteiger charge is -2.15.